The summed E-state index contributed by atoms with van der Waals surface area (Å²) < 4.78 is 0. The molecule has 0 saturated carbocycles. The molecule has 2 heterocycles. The van der Waals surface area contributed by atoms with E-state index in [0.717, 1.165) is 46.9 Å². The molecule has 0 saturated heterocycles. The number of para-hydroxylation sites is 1. The van der Waals surface area contributed by atoms with Crippen LogP contribution in [0.4, 0.5) is 11.4 Å². The topological polar surface area (TPSA) is 54.0 Å². The summed E-state index contributed by atoms with van der Waals surface area (Å²) in [5.74, 6) is 0.110. The fourth-order valence-corrected chi connectivity index (χ4v) is 4.83. The second-order valence-corrected chi connectivity index (χ2v) is 8.82. The van der Waals surface area contributed by atoms with Gasteiger partial charge in [-0.15, -0.1) is 11.3 Å². The first-order chi connectivity index (χ1) is 13.7. The highest BCUT2D eigenvalue weighted by molar-refractivity contribution is 7.99. The maximum Gasteiger partial charge on any atom is 0.220 e. The molecule has 28 heavy (non-hydrogen) atoms. The molecule has 2 aromatic carbocycles. The minimum absolute atomic E-state index is 0.110. The van der Waals surface area contributed by atoms with Gasteiger partial charge in [-0.2, -0.15) is 0 Å². The van der Waals surface area contributed by atoms with E-state index in [1.807, 2.05) is 6.07 Å². The highest BCUT2D eigenvalue weighted by Gasteiger charge is 2.16. The molecule has 144 valence electrons. The van der Waals surface area contributed by atoms with Crippen LogP contribution in [0.15, 0.2) is 57.6 Å². The van der Waals surface area contributed by atoms with Crippen LogP contribution in [-0.2, 0) is 11.3 Å². The normalized spacial score (nSPS) is 12.0. The van der Waals surface area contributed by atoms with Crippen molar-refractivity contribution in [2.75, 3.05) is 5.32 Å². The van der Waals surface area contributed by atoms with Crippen molar-refractivity contribution in [3.05, 3.63) is 52.9 Å². The van der Waals surface area contributed by atoms with Crippen LogP contribution in [0.5, 0.6) is 0 Å². The minimum atomic E-state index is 0.110. The van der Waals surface area contributed by atoms with E-state index in [2.05, 4.69) is 59.3 Å². The molecule has 1 aliphatic rings. The lowest BCUT2D eigenvalue weighted by atomic mass is 10.1. The zero-order valence-electron chi connectivity index (χ0n) is 15.8. The average molecular weight is 410 g/mol. The number of nitrogens with zero attached hydrogens (tertiary/aromatic N) is 1. The highest BCUT2D eigenvalue weighted by atomic mass is 32.2. The number of hydrogen-bond acceptors (Lipinski definition) is 5. The van der Waals surface area contributed by atoms with Gasteiger partial charge in [0.1, 0.15) is 5.01 Å². The van der Waals surface area contributed by atoms with Gasteiger partial charge >= 0.3 is 0 Å². The molecule has 0 bridgehead atoms. The molecule has 0 aliphatic carbocycles. The van der Waals surface area contributed by atoms with E-state index < -0.39 is 0 Å². The molecule has 0 spiro atoms. The average Bonchev–Trinajstić information content (AvgIpc) is 3.19. The molecule has 1 aromatic heterocycles. The Morgan fingerprint density at radius 3 is 2.86 bits per heavy atom. The van der Waals surface area contributed by atoms with Crippen LogP contribution < -0.4 is 10.6 Å². The zero-order valence-corrected chi connectivity index (χ0v) is 17.5. The highest BCUT2D eigenvalue weighted by Crippen LogP contribution is 2.45. The molecular weight excluding hydrogens is 386 g/mol. The van der Waals surface area contributed by atoms with Crippen molar-refractivity contribution >= 4 is 40.4 Å². The number of amides is 1. The van der Waals surface area contributed by atoms with E-state index in [9.17, 15) is 4.79 Å². The Labute approximate surface area is 173 Å². The van der Waals surface area contributed by atoms with Crippen molar-refractivity contribution < 1.29 is 4.79 Å². The first-order valence-corrected chi connectivity index (χ1v) is 11.3. The third-order valence-electron chi connectivity index (χ3n) is 4.65. The van der Waals surface area contributed by atoms with Crippen molar-refractivity contribution in [2.45, 2.75) is 48.9 Å². The van der Waals surface area contributed by atoms with E-state index >= 15 is 0 Å². The van der Waals surface area contributed by atoms with Gasteiger partial charge in [0.05, 0.1) is 23.6 Å². The molecule has 0 unspecified atom stereocenters. The molecule has 0 fully saturated rings. The summed E-state index contributed by atoms with van der Waals surface area (Å²) in [4.78, 5) is 19.1. The Kier molecular flexibility index (Phi) is 5.98. The fraction of sp³-hybridized carbons (Fsp3) is 0.273. The van der Waals surface area contributed by atoms with E-state index in [-0.39, 0.29) is 5.91 Å². The predicted octanol–water partition coefficient (Wildman–Crippen LogP) is 6.21. The predicted molar refractivity (Wildman–Crippen MR) is 117 cm³/mol. The first kappa shape index (κ1) is 19.0. The van der Waals surface area contributed by atoms with Gasteiger partial charge < -0.3 is 10.6 Å². The van der Waals surface area contributed by atoms with Crippen molar-refractivity contribution in [2.24, 2.45) is 0 Å². The van der Waals surface area contributed by atoms with Crippen LogP contribution in [0.3, 0.4) is 0 Å². The standard InChI is InChI=1S/C22H23N3OS2/c1-2-3-4-9-21(26)23-13-22-25-18(14-27-22)15-10-11-20-17(12-15)24-16-7-5-6-8-19(16)28-20/h5-8,10-12,14,24H,2-4,9,13H2,1H3,(H,23,26). The summed E-state index contributed by atoms with van der Waals surface area (Å²) in [6.07, 6.45) is 3.78. The summed E-state index contributed by atoms with van der Waals surface area (Å²) in [6.45, 7) is 2.64. The molecule has 6 heteroatoms. The number of hydrogen-bond donors (Lipinski definition) is 2. The number of benzene rings is 2. The molecule has 1 amide bonds. The van der Waals surface area contributed by atoms with Gasteiger partial charge in [-0.25, -0.2) is 4.98 Å². The number of anilines is 2. The number of aromatic nitrogens is 1. The van der Waals surface area contributed by atoms with Crippen LogP contribution in [-0.4, -0.2) is 10.9 Å². The molecule has 4 nitrogen and oxygen atoms in total. The number of carbonyl (C=O) groups excluding carboxylic acids is 1. The molecular formula is C22H23N3OS2. The van der Waals surface area contributed by atoms with Crippen molar-refractivity contribution in [3.8, 4) is 11.3 Å². The maximum absolute atomic E-state index is 11.9. The summed E-state index contributed by atoms with van der Waals surface area (Å²) in [7, 11) is 0. The SMILES string of the molecule is CCCCCC(=O)NCc1nc(-c2ccc3c(c2)Nc2ccccc2S3)cs1. The molecule has 0 atom stereocenters. The zero-order chi connectivity index (χ0) is 19.3. The van der Waals surface area contributed by atoms with Gasteiger partial charge in [-0.3, -0.25) is 4.79 Å². The molecule has 1 aliphatic heterocycles. The van der Waals surface area contributed by atoms with Crippen LogP contribution in [0, 0.1) is 0 Å². The first-order valence-electron chi connectivity index (χ1n) is 9.62. The summed E-state index contributed by atoms with van der Waals surface area (Å²) in [6, 6.07) is 14.8. The van der Waals surface area contributed by atoms with Gasteiger partial charge in [0.15, 0.2) is 0 Å². The van der Waals surface area contributed by atoms with E-state index in [1.165, 1.54) is 9.79 Å². The quantitative estimate of drug-likeness (QED) is 0.356. The van der Waals surface area contributed by atoms with E-state index in [0.29, 0.717) is 13.0 Å². The Morgan fingerprint density at radius 2 is 1.96 bits per heavy atom. The number of fused-ring (bicyclic) bond motifs is 2. The molecule has 3 aromatic rings. The Hall–Kier alpha value is -2.31. The van der Waals surface area contributed by atoms with E-state index in [1.54, 1.807) is 23.1 Å². The van der Waals surface area contributed by atoms with E-state index in [4.69, 9.17) is 4.98 Å². The maximum atomic E-state index is 11.9. The molecule has 2 N–H and O–H groups in total. The van der Waals surface area contributed by atoms with Crippen LogP contribution >= 0.6 is 23.1 Å². The number of thiazole rings is 1. The Balaban J connectivity index is 1.41. The number of nitrogens with one attached hydrogen (secondary N) is 2. The van der Waals surface area contributed by atoms with Crippen LogP contribution in [0.25, 0.3) is 11.3 Å². The monoisotopic (exact) mass is 409 g/mol. The third kappa shape index (κ3) is 4.39. The summed E-state index contributed by atoms with van der Waals surface area (Å²) >= 11 is 3.37. The lowest BCUT2D eigenvalue weighted by Gasteiger charge is -2.21. The van der Waals surface area contributed by atoms with Gasteiger partial charge in [0.25, 0.3) is 0 Å². The van der Waals surface area contributed by atoms with Crippen molar-refractivity contribution in [1.29, 1.82) is 0 Å². The smallest absolute Gasteiger partial charge is 0.220 e. The van der Waals surface area contributed by atoms with Crippen LogP contribution in [0.2, 0.25) is 0 Å². The number of carbonyl (C=O) groups is 1. The third-order valence-corrected chi connectivity index (χ3v) is 6.65. The fourth-order valence-electron chi connectivity index (χ4n) is 3.12. The van der Waals surface area contributed by atoms with Gasteiger partial charge in [0.2, 0.25) is 5.91 Å². The van der Waals surface area contributed by atoms with Crippen molar-refractivity contribution in [3.63, 3.8) is 0 Å². The Bertz CT molecular complexity index is 983. The van der Waals surface area contributed by atoms with Gasteiger partial charge in [-0.05, 0) is 30.7 Å². The Morgan fingerprint density at radius 1 is 1.11 bits per heavy atom. The van der Waals surface area contributed by atoms with Crippen molar-refractivity contribution in [1.82, 2.24) is 10.3 Å². The second-order valence-electron chi connectivity index (χ2n) is 6.79. The lowest BCUT2D eigenvalue weighted by molar-refractivity contribution is -0.121. The summed E-state index contributed by atoms with van der Waals surface area (Å²) in [5.41, 5.74) is 4.29. The summed E-state index contributed by atoms with van der Waals surface area (Å²) in [5, 5.41) is 9.49. The number of unbranched alkanes of at least 4 members (excludes halogenated alkanes) is 2. The lowest BCUT2D eigenvalue weighted by Crippen LogP contribution is -2.22. The largest absolute Gasteiger partial charge is 0.354 e. The molecule has 4 rings (SSSR count). The molecule has 0 radical (unpaired) electrons. The van der Waals surface area contributed by atoms with Gasteiger partial charge in [-0.1, -0.05) is 49.7 Å². The second kappa shape index (κ2) is 8.80. The number of rotatable bonds is 7. The van der Waals surface area contributed by atoms with Gasteiger partial charge in [0, 0.05) is 27.2 Å². The minimum Gasteiger partial charge on any atom is -0.354 e. The van der Waals surface area contributed by atoms with Crippen LogP contribution in [0.1, 0.15) is 37.6 Å².